The number of nitrogens with one attached hydrogen (secondary N) is 1. The van der Waals surface area contributed by atoms with Crippen molar-refractivity contribution in [3.05, 3.63) is 73.1 Å². The number of hydrogen-bond donors (Lipinski definition) is 2. The molecule has 2 aromatic heterocycles. The van der Waals surface area contributed by atoms with Crippen LogP contribution >= 0.6 is 0 Å². The quantitative estimate of drug-likeness (QED) is 0.290. The summed E-state index contributed by atoms with van der Waals surface area (Å²) in [6, 6.07) is 11.1. The van der Waals surface area contributed by atoms with Gasteiger partial charge in [-0.2, -0.15) is 5.10 Å². The zero-order valence-corrected chi connectivity index (χ0v) is 22.9. The molecule has 4 aromatic rings. The molecule has 11 nitrogen and oxygen atoms in total. The van der Waals surface area contributed by atoms with Crippen molar-refractivity contribution in [3.63, 3.8) is 0 Å². The van der Waals surface area contributed by atoms with E-state index in [2.05, 4.69) is 26.0 Å². The smallest absolute Gasteiger partial charge is 0.404 e. The molecule has 0 radical (unpaired) electrons. The van der Waals surface area contributed by atoms with Crippen LogP contribution in [0.15, 0.2) is 72.4 Å². The van der Waals surface area contributed by atoms with Crippen LogP contribution in [0.3, 0.4) is 0 Å². The zero-order valence-electron chi connectivity index (χ0n) is 22.1. The number of likely N-dealkylation sites (tertiary alicyclic amines) is 1. The van der Waals surface area contributed by atoms with Gasteiger partial charge in [-0.15, -0.1) is 13.2 Å². The number of benzene rings is 2. The molecule has 1 fully saturated rings. The molecule has 220 valence electrons. The van der Waals surface area contributed by atoms with Crippen molar-refractivity contribution >= 4 is 32.8 Å². The molecule has 42 heavy (non-hydrogen) atoms. The zero-order chi connectivity index (χ0) is 30.1. The van der Waals surface area contributed by atoms with Gasteiger partial charge >= 0.3 is 6.36 Å². The fourth-order valence-corrected chi connectivity index (χ4v) is 6.00. The number of piperidine rings is 1. The predicted octanol–water partition coefficient (Wildman–Crippen LogP) is 3.80. The van der Waals surface area contributed by atoms with E-state index in [1.807, 2.05) is 0 Å². The summed E-state index contributed by atoms with van der Waals surface area (Å²) in [5.41, 5.74) is 8.46. The number of amides is 1. The first-order valence-electron chi connectivity index (χ1n) is 12.8. The van der Waals surface area contributed by atoms with Gasteiger partial charge in [0, 0.05) is 25.2 Å². The first-order chi connectivity index (χ1) is 20.0. The molecule has 2 aromatic carbocycles. The topological polar surface area (TPSA) is 145 Å². The van der Waals surface area contributed by atoms with E-state index < -0.39 is 27.0 Å². The number of fused-ring (bicyclic) bond motifs is 1. The minimum Gasteiger partial charge on any atom is -0.404 e. The minimum atomic E-state index is -5.05. The van der Waals surface area contributed by atoms with Crippen LogP contribution in [0.5, 0.6) is 5.75 Å². The van der Waals surface area contributed by atoms with Crippen molar-refractivity contribution in [2.75, 3.05) is 18.8 Å². The number of carbonyl (C=O) groups excluding carboxylic acids is 1. The Morgan fingerprint density at radius 2 is 1.90 bits per heavy atom. The minimum absolute atomic E-state index is 0.147. The maximum atomic E-state index is 12.8. The fourth-order valence-electron chi connectivity index (χ4n) is 4.85. The van der Waals surface area contributed by atoms with E-state index in [0.717, 1.165) is 25.0 Å². The van der Waals surface area contributed by atoms with Crippen molar-refractivity contribution in [1.82, 2.24) is 29.4 Å². The summed E-state index contributed by atoms with van der Waals surface area (Å²) in [6.45, 7) is 4.43. The molecule has 0 unspecified atom stereocenters. The highest BCUT2D eigenvalue weighted by Crippen LogP contribution is 2.34. The number of hydrogen-bond acceptors (Lipinski definition) is 8. The van der Waals surface area contributed by atoms with Gasteiger partial charge in [-0.05, 0) is 36.6 Å². The SMILES string of the molecule is C=CC(=O)N1CCC[C@@H](n2nc(-c3ccc(CNS(=O)(=O)c4ccccc4OC(F)(F)F)cc3)c3c(N)ncnc32)C1. The Morgan fingerprint density at radius 1 is 1.17 bits per heavy atom. The molecule has 1 atom stereocenters. The average molecular weight is 602 g/mol. The van der Waals surface area contributed by atoms with Crippen LogP contribution in [-0.2, 0) is 21.4 Å². The van der Waals surface area contributed by atoms with Crippen LogP contribution in [0.1, 0.15) is 24.4 Å². The Balaban J connectivity index is 1.39. The van der Waals surface area contributed by atoms with Gasteiger partial charge in [-0.3, -0.25) is 4.79 Å². The number of ether oxygens (including phenoxy) is 1. The highest BCUT2D eigenvalue weighted by Gasteiger charge is 2.34. The van der Waals surface area contributed by atoms with E-state index in [9.17, 15) is 26.4 Å². The molecule has 1 saturated heterocycles. The predicted molar refractivity (Wildman–Crippen MR) is 147 cm³/mol. The summed E-state index contributed by atoms with van der Waals surface area (Å²) in [4.78, 5) is 21.8. The van der Waals surface area contributed by atoms with E-state index in [-0.39, 0.29) is 24.3 Å². The molecule has 1 amide bonds. The highest BCUT2D eigenvalue weighted by atomic mass is 32.2. The molecule has 5 rings (SSSR count). The number of alkyl halides is 3. The van der Waals surface area contributed by atoms with Crippen LogP contribution < -0.4 is 15.2 Å². The standard InChI is InChI=1S/C27H26F3N7O4S/c1-2-22(38)36-13-5-6-19(15-36)37-26-23(25(31)32-16-33-26)24(35-37)18-11-9-17(10-12-18)14-34-42(39,40)21-8-4-3-7-20(21)41-27(28,29)30/h2-4,7-12,16,19,34H,1,5-6,13-15H2,(H2,31,32,33)/t19-/m1/s1. The lowest BCUT2D eigenvalue weighted by Gasteiger charge is -2.32. The van der Waals surface area contributed by atoms with E-state index in [4.69, 9.17) is 10.8 Å². The monoisotopic (exact) mass is 601 g/mol. The lowest BCUT2D eigenvalue weighted by molar-refractivity contribution is -0.275. The molecule has 15 heteroatoms. The Bertz CT molecular complexity index is 1740. The number of carbonyl (C=O) groups is 1. The van der Waals surface area contributed by atoms with E-state index in [1.54, 1.807) is 33.8 Å². The van der Waals surface area contributed by atoms with Crippen LogP contribution in [0.2, 0.25) is 0 Å². The van der Waals surface area contributed by atoms with Gasteiger partial charge in [0.25, 0.3) is 0 Å². The number of aromatic nitrogens is 4. The van der Waals surface area contributed by atoms with Crippen molar-refractivity contribution in [3.8, 4) is 17.0 Å². The van der Waals surface area contributed by atoms with Crippen molar-refractivity contribution in [1.29, 1.82) is 0 Å². The summed E-state index contributed by atoms with van der Waals surface area (Å²) in [7, 11) is -4.34. The van der Waals surface area contributed by atoms with E-state index in [1.165, 1.54) is 24.5 Å². The van der Waals surface area contributed by atoms with Crippen LogP contribution in [-0.4, -0.2) is 58.4 Å². The van der Waals surface area contributed by atoms with Gasteiger partial charge in [0.15, 0.2) is 5.65 Å². The van der Waals surface area contributed by atoms with Crippen LogP contribution in [0, 0.1) is 0 Å². The molecular weight excluding hydrogens is 575 g/mol. The second kappa shape index (κ2) is 11.4. The van der Waals surface area contributed by atoms with Gasteiger partial charge in [0.2, 0.25) is 15.9 Å². The number of nitrogens with zero attached hydrogens (tertiary/aromatic N) is 5. The van der Waals surface area contributed by atoms with E-state index >= 15 is 0 Å². The third-order valence-corrected chi connectivity index (χ3v) is 8.25. The number of nitrogens with two attached hydrogens (primary N) is 1. The Labute approximate surface area is 238 Å². The summed E-state index contributed by atoms with van der Waals surface area (Å²) in [6.07, 6.45) is -0.864. The molecule has 3 heterocycles. The Morgan fingerprint density at radius 3 is 2.62 bits per heavy atom. The number of anilines is 1. The first kappa shape index (κ1) is 29.0. The molecule has 0 aliphatic carbocycles. The number of rotatable bonds is 8. The van der Waals surface area contributed by atoms with Crippen molar-refractivity contribution in [2.24, 2.45) is 0 Å². The van der Waals surface area contributed by atoms with E-state index in [0.29, 0.717) is 40.9 Å². The largest absolute Gasteiger partial charge is 0.573 e. The first-order valence-corrected chi connectivity index (χ1v) is 14.3. The molecular formula is C27H26F3N7O4S. The number of nitrogen functional groups attached to an aromatic ring is 1. The third-order valence-electron chi connectivity index (χ3n) is 6.80. The molecule has 1 aliphatic heterocycles. The lowest BCUT2D eigenvalue weighted by Crippen LogP contribution is -2.40. The molecule has 0 spiro atoms. The molecule has 1 aliphatic rings. The summed E-state index contributed by atoms with van der Waals surface area (Å²) < 4.78 is 71.8. The van der Waals surface area contributed by atoms with Gasteiger partial charge in [-0.25, -0.2) is 27.8 Å². The number of sulfonamides is 1. The van der Waals surface area contributed by atoms with Crippen molar-refractivity contribution < 1.29 is 31.1 Å². The Kier molecular flexibility index (Phi) is 7.88. The number of halogens is 3. The van der Waals surface area contributed by atoms with Gasteiger partial charge in [0.05, 0.1) is 11.4 Å². The second-order valence-corrected chi connectivity index (χ2v) is 11.3. The third kappa shape index (κ3) is 6.06. The fraction of sp³-hybridized carbons (Fsp3) is 0.259. The lowest BCUT2D eigenvalue weighted by atomic mass is 10.1. The Hall–Kier alpha value is -4.50. The second-order valence-electron chi connectivity index (χ2n) is 9.55. The van der Waals surface area contributed by atoms with Gasteiger partial charge < -0.3 is 15.4 Å². The maximum absolute atomic E-state index is 12.8. The molecule has 3 N–H and O–H groups in total. The summed E-state index contributed by atoms with van der Waals surface area (Å²) >= 11 is 0. The molecule has 0 saturated carbocycles. The summed E-state index contributed by atoms with van der Waals surface area (Å²) in [5.74, 6) is -0.758. The maximum Gasteiger partial charge on any atom is 0.573 e. The van der Waals surface area contributed by atoms with Gasteiger partial charge in [0.1, 0.15) is 28.5 Å². The van der Waals surface area contributed by atoms with Crippen LogP contribution in [0.4, 0.5) is 19.0 Å². The number of para-hydroxylation sites is 1. The summed E-state index contributed by atoms with van der Waals surface area (Å²) in [5, 5.41) is 5.35. The van der Waals surface area contributed by atoms with Gasteiger partial charge in [-0.1, -0.05) is 43.0 Å². The average Bonchev–Trinajstić information content (AvgIpc) is 3.36. The van der Waals surface area contributed by atoms with Crippen molar-refractivity contribution in [2.45, 2.75) is 36.7 Å². The van der Waals surface area contributed by atoms with Crippen LogP contribution in [0.25, 0.3) is 22.3 Å². The normalized spacial score (nSPS) is 16.0. The highest BCUT2D eigenvalue weighted by molar-refractivity contribution is 7.89. The molecule has 0 bridgehead atoms.